The normalized spacial score (nSPS) is 23.6. The van der Waals surface area contributed by atoms with Crippen LogP contribution >= 0.6 is 11.6 Å². The number of likely N-dealkylation sites (tertiary alicyclic amines) is 1. The Morgan fingerprint density at radius 1 is 1.24 bits per heavy atom. The lowest BCUT2D eigenvalue weighted by Gasteiger charge is -2.34. The van der Waals surface area contributed by atoms with Crippen LogP contribution < -0.4 is 9.47 Å². The quantitative estimate of drug-likeness (QED) is 0.771. The largest absolute Gasteiger partial charge is 0.454 e. The molecule has 1 atom stereocenters. The van der Waals surface area contributed by atoms with Crippen molar-refractivity contribution in [2.45, 2.75) is 19.1 Å². The molecule has 1 amide bonds. The Bertz CT molecular complexity index is 686. The summed E-state index contributed by atoms with van der Waals surface area (Å²) in [5.74, 6) is 1.39. The highest BCUT2D eigenvalue weighted by atomic mass is 35.5. The summed E-state index contributed by atoms with van der Waals surface area (Å²) in [5, 5.41) is 0.482. The molecular formula is C18H20ClNO5. The van der Waals surface area contributed by atoms with E-state index in [0.29, 0.717) is 36.3 Å². The number of hydrogen-bond acceptors (Lipinski definition) is 5. The van der Waals surface area contributed by atoms with Crippen molar-refractivity contribution in [3.05, 3.63) is 28.8 Å². The third-order valence-corrected chi connectivity index (χ3v) is 4.95. The van der Waals surface area contributed by atoms with Gasteiger partial charge in [-0.05, 0) is 36.6 Å². The van der Waals surface area contributed by atoms with Gasteiger partial charge in [-0.15, -0.1) is 0 Å². The van der Waals surface area contributed by atoms with E-state index in [-0.39, 0.29) is 24.9 Å². The summed E-state index contributed by atoms with van der Waals surface area (Å²) in [6.45, 7) is 2.87. The van der Waals surface area contributed by atoms with Gasteiger partial charge in [0, 0.05) is 25.1 Å². The second kappa shape index (κ2) is 7.23. The number of benzene rings is 1. The lowest BCUT2D eigenvalue weighted by molar-refractivity contribution is -0.134. The number of amides is 1. The molecule has 1 unspecified atom stereocenters. The van der Waals surface area contributed by atoms with Gasteiger partial charge in [0.05, 0.1) is 18.2 Å². The highest BCUT2D eigenvalue weighted by Crippen LogP contribution is 2.40. The van der Waals surface area contributed by atoms with Gasteiger partial charge in [-0.25, -0.2) is 0 Å². The Morgan fingerprint density at radius 3 is 2.92 bits per heavy atom. The monoisotopic (exact) mass is 365 g/mol. The lowest BCUT2D eigenvalue weighted by Crippen LogP contribution is -2.43. The highest BCUT2D eigenvalue weighted by molar-refractivity contribution is 6.32. The van der Waals surface area contributed by atoms with Gasteiger partial charge in [0.15, 0.2) is 17.8 Å². The van der Waals surface area contributed by atoms with Crippen LogP contribution in [0.5, 0.6) is 11.5 Å². The zero-order chi connectivity index (χ0) is 17.2. The fourth-order valence-corrected chi connectivity index (χ4v) is 3.71. The molecule has 3 heterocycles. The maximum absolute atomic E-state index is 12.5. The minimum Gasteiger partial charge on any atom is -0.454 e. The zero-order valence-electron chi connectivity index (χ0n) is 13.8. The first-order chi connectivity index (χ1) is 12.2. The van der Waals surface area contributed by atoms with E-state index in [1.165, 1.54) is 0 Å². The zero-order valence-corrected chi connectivity index (χ0v) is 14.5. The maximum Gasteiger partial charge on any atom is 0.246 e. The Morgan fingerprint density at radius 2 is 2.08 bits per heavy atom. The van der Waals surface area contributed by atoms with Gasteiger partial charge < -0.3 is 23.8 Å². The van der Waals surface area contributed by atoms with Gasteiger partial charge in [0.2, 0.25) is 12.7 Å². The number of fused-ring (bicyclic) bond motifs is 1. The first-order valence-electron chi connectivity index (χ1n) is 8.50. The third-order valence-electron chi connectivity index (χ3n) is 4.67. The molecule has 3 aliphatic rings. The SMILES string of the molecule is O=C(/C=C/c1cc(Cl)c2c(c1)OCO2)N1CCCC(C2OCCO2)C1. The number of hydrogen-bond donors (Lipinski definition) is 0. The van der Waals surface area contributed by atoms with Gasteiger partial charge in [-0.2, -0.15) is 0 Å². The first-order valence-corrected chi connectivity index (χ1v) is 8.88. The van der Waals surface area contributed by atoms with Crippen LogP contribution in [0.1, 0.15) is 18.4 Å². The number of nitrogens with zero attached hydrogens (tertiary/aromatic N) is 1. The van der Waals surface area contributed by atoms with Gasteiger partial charge in [-0.3, -0.25) is 4.79 Å². The van der Waals surface area contributed by atoms with E-state index in [2.05, 4.69) is 0 Å². The van der Waals surface area contributed by atoms with Crippen LogP contribution in [0.3, 0.4) is 0 Å². The molecule has 2 saturated heterocycles. The number of ether oxygens (including phenoxy) is 4. The van der Waals surface area contributed by atoms with E-state index in [0.717, 1.165) is 24.9 Å². The predicted molar refractivity (Wildman–Crippen MR) is 91.6 cm³/mol. The Kier molecular flexibility index (Phi) is 4.83. The Hall–Kier alpha value is -1.76. The van der Waals surface area contributed by atoms with E-state index in [4.69, 9.17) is 30.5 Å². The van der Waals surface area contributed by atoms with E-state index in [1.807, 2.05) is 11.0 Å². The lowest BCUT2D eigenvalue weighted by atomic mass is 9.97. The third kappa shape index (κ3) is 3.61. The predicted octanol–water partition coefficient (Wildman–Crippen LogP) is 2.69. The van der Waals surface area contributed by atoms with Crippen molar-refractivity contribution < 1.29 is 23.7 Å². The highest BCUT2D eigenvalue weighted by Gasteiger charge is 2.32. The van der Waals surface area contributed by atoms with Gasteiger partial charge in [0.1, 0.15) is 0 Å². The summed E-state index contributed by atoms with van der Waals surface area (Å²) in [6, 6.07) is 3.58. The minimum atomic E-state index is -0.174. The molecule has 0 spiro atoms. The standard InChI is InChI=1S/C18H20ClNO5/c19-14-8-12(9-15-17(14)25-11-24-15)3-4-16(21)20-5-1-2-13(10-20)18-22-6-7-23-18/h3-4,8-9,13,18H,1-2,5-7,10-11H2/b4-3+. The van der Waals surface area contributed by atoms with Crippen molar-refractivity contribution in [2.75, 3.05) is 33.1 Å². The Labute approximate surface area is 151 Å². The van der Waals surface area contributed by atoms with Crippen LogP contribution in [-0.4, -0.2) is 50.2 Å². The molecule has 1 aromatic carbocycles. The van der Waals surface area contributed by atoms with Crippen molar-refractivity contribution in [3.63, 3.8) is 0 Å². The second-order valence-corrected chi connectivity index (χ2v) is 6.77. The summed E-state index contributed by atoms with van der Waals surface area (Å²) < 4.78 is 21.8. The molecule has 6 nitrogen and oxygen atoms in total. The van der Waals surface area contributed by atoms with Crippen molar-refractivity contribution in [1.82, 2.24) is 4.90 Å². The summed E-state index contributed by atoms with van der Waals surface area (Å²) in [4.78, 5) is 14.4. The molecular weight excluding hydrogens is 346 g/mol. The van der Waals surface area contributed by atoms with Crippen LogP contribution in [0.15, 0.2) is 18.2 Å². The first kappa shape index (κ1) is 16.7. The van der Waals surface area contributed by atoms with E-state index < -0.39 is 0 Å². The van der Waals surface area contributed by atoms with E-state index in [1.54, 1.807) is 18.2 Å². The molecule has 25 heavy (non-hydrogen) atoms. The number of piperidine rings is 1. The molecule has 0 saturated carbocycles. The summed E-state index contributed by atoms with van der Waals surface area (Å²) in [5.41, 5.74) is 0.804. The summed E-state index contributed by atoms with van der Waals surface area (Å²) in [6.07, 6.45) is 5.14. The average molecular weight is 366 g/mol. The summed E-state index contributed by atoms with van der Waals surface area (Å²) in [7, 11) is 0. The van der Waals surface area contributed by atoms with Gasteiger partial charge in [0.25, 0.3) is 0 Å². The van der Waals surface area contributed by atoms with Gasteiger partial charge in [-0.1, -0.05) is 11.6 Å². The van der Waals surface area contributed by atoms with Crippen LogP contribution in [0.2, 0.25) is 5.02 Å². The molecule has 0 N–H and O–H groups in total. The average Bonchev–Trinajstić information content (AvgIpc) is 3.31. The van der Waals surface area contributed by atoms with Crippen molar-refractivity contribution in [1.29, 1.82) is 0 Å². The van der Waals surface area contributed by atoms with Crippen LogP contribution in [0, 0.1) is 5.92 Å². The second-order valence-electron chi connectivity index (χ2n) is 6.37. The van der Waals surface area contributed by atoms with E-state index >= 15 is 0 Å². The van der Waals surface area contributed by atoms with Crippen LogP contribution in [-0.2, 0) is 14.3 Å². The van der Waals surface area contributed by atoms with Gasteiger partial charge >= 0.3 is 0 Å². The molecule has 0 aromatic heterocycles. The minimum absolute atomic E-state index is 0.0171. The van der Waals surface area contributed by atoms with Crippen LogP contribution in [0.4, 0.5) is 0 Å². The molecule has 2 fully saturated rings. The molecule has 134 valence electrons. The maximum atomic E-state index is 12.5. The van der Waals surface area contributed by atoms with Crippen LogP contribution in [0.25, 0.3) is 6.08 Å². The molecule has 1 aromatic rings. The van der Waals surface area contributed by atoms with Crippen molar-refractivity contribution in [3.8, 4) is 11.5 Å². The molecule has 3 aliphatic heterocycles. The number of rotatable bonds is 3. The van der Waals surface area contributed by atoms with Crippen molar-refractivity contribution in [2.24, 2.45) is 5.92 Å². The number of carbonyl (C=O) groups is 1. The number of carbonyl (C=O) groups excluding carboxylic acids is 1. The number of halogens is 1. The molecule has 0 aliphatic carbocycles. The Balaban J connectivity index is 1.41. The fourth-order valence-electron chi connectivity index (χ4n) is 3.44. The molecule has 7 heteroatoms. The fraction of sp³-hybridized carbons (Fsp3) is 0.500. The smallest absolute Gasteiger partial charge is 0.246 e. The molecule has 4 rings (SSSR count). The topological polar surface area (TPSA) is 57.2 Å². The van der Waals surface area contributed by atoms with E-state index in [9.17, 15) is 4.79 Å². The van der Waals surface area contributed by atoms with Crippen molar-refractivity contribution >= 4 is 23.6 Å². The summed E-state index contributed by atoms with van der Waals surface area (Å²) >= 11 is 6.17. The molecule has 0 bridgehead atoms. The molecule has 0 radical (unpaired) electrons.